The van der Waals surface area contributed by atoms with E-state index >= 15 is 0 Å². The first-order chi connectivity index (χ1) is 8.08. The number of hydrogen-bond acceptors (Lipinski definition) is 3. The number of aliphatic hydroxyl groups is 1. The van der Waals surface area contributed by atoms with Crippen molar-refractivity contribution in [1.29, 1.82) is 0 Å². The molecule has 0 bridgehead atoms. The van der Waals surface area contributed by atoms with Crippen LogP contribution in [-0.2, 0) is 17.6 Å². The zero-order valence-electron chi connectivity index (χ0n) is 9.60. The fourth-order valence-corrected chi connectivity index (χ4v) is 2.34. The highest BCUT2D eigenvalue weighted by Crippen LogP contribution is 2.26. The number of nitrogens with two attached hydrogens (primary N) is 1. The first kappa shape index (κ1) is 12.1. The third-order valence-electron chi connectivity index (χ3n) is 3.28. The van der Waals surface area contributed by atoms with Crippen LogP contribution in [0.15, 0.2) is 18.2 Å². The van der Waals surface area contributed by atoms with Crippen LogP contribution < -0.4 is 5.73 Å². The van der Waals surface area contributed by atoms with Crippen molar-refractivity contribution in [1.82, 2.24) is 0 Å². The molecule has 0 radical (unpaired) electrons. The molecule has 1 aromatic carbocycles. The zero-order chi connectivity index (χ0) is 12.4. The smallest absolute Gasteiger partial charge is 0.305 e. The fourth-order valence-electron chi connectivity index (χ4n) is 2.34. The number of benzene rings is 1. The largest absolute Gasteiger partial charge is 0.481 e. The lowest BCUT2D eigenvalue weighted by Crippen LogP contribution is -2.31. The van der Waals surface area contributed by atoms with Gasteiger partial charge in [0.25, 0.3) is 0 Å². The van der Waals surface area contributed by atoms with Crippen LogP contribution in [-0.4, -0.2) is 22.2 Å². The number of rotatable bonds is 4. The molecule has 1 aliphatic rings. The lowest BCUT2D eigenvalue weighted by molar-refractivity contribution is -0.138. The van der Waals surface area contributed by atoms with Gasteiger partial charge in [-0.3, -0.25) is 4.79 Å². The van der Waals surface area contributed by atoms with Crippen molar-refractivity contribution in [2.75, 3.05) is 0 Å². The molecule has 4 nitrogen and oxygen atoms in total. The molecule has 4 N–H and O–H groups in total. The van der Waals surface area contributed by atoms with Crippen LogP contribution in [0.1, 0.15) is 35.6 Å². The molecule has 2 atom stereocenters. The molecule has 0 fully saturated rings. The maximum atomic E-state index is 10.5. The third kappa shape index (κ3) is 2.65. The Hall–Kier alpha value is -1.39. The Kier molecular flexibility index (Phi) is 3.45. The van der Waals surface area contributed by atoms with Crippen LogP contribution in [0.3, 0.4) is 0 Å². The average molecular weight is 235 g/mol. The van der Waals surface area contributed by atoms with Crippen molar-refractivity contribution < 1.29 is 15.0 Å². The summed E-state index contributed by atoms with van der Waals surface area (Å²) in [6.45, 7) is 0. The molecule has 0 aliphatic heterocycles. The molecule has 2 rings (SSSR count). The van der Waals surface area contributed by atoms with Crippen molar-refractivity contribution in [3.05, 3.63) is 34.9 Å². The van der Waals surface area contributed by atoms with E-state index in [0.29, 0.717) is 0 Å². The molecule has 1 aromatic rings. The van der Waals surface area contributed by atoms with Crippen LogP contribution >= 0.6 is 0 Å². The molecule has 0 amide bonds. The van der Waals surface area contributed by atoms with Crippen molar-refractivity contribution in [2.24, 2.45) is 5.73 Å². The van der Waals surface area contributed by atoms with Gasteiger partial charge in [-0.1, -0.05) is 18.2 Å². The quantitative estimate of drug-likeness (QED) is 0.727. The minimum Gasteiger partial charge on any atom is -0.481 e. The normalized spacial score (nSPS) is 17.5. The Bertz CT molecular complexity index is 431. The van der Waals surface area contributed by atoms with Gasteiger partial charge >= 0.3 is 5.97 Å². The highest BCUT2D eigenvalue weighted by Gasteiger charge is 2.21. The lowest BCUT2D eigenvalue weighted by Gasteiger charge is -2.18. The molecule has 2 unspecified atom stereocenters. The molecular formula is C13H17NO3. The molecular weight excluding hydrogens is 218 g/mol. The van der Waals surface area contributed by atoms with Gasteiger partial charge in [-0.2, -0.15) is 0 Å². The van der Waals surface area contributed by atoms with E-state index in [1.54, 1.807) is 0 Å². The minimum absolute atomic E-state index is 0.224. The van der Waals surface area contributed by atoms with Crippen molar-refractivity contribution in [3.63, 3.8) is 0 Å². The third-order valence-corrected chi connectivity index (χ3v) is 3.28. The molecule has 1 aliphatic carbocycles. The van der Waals surface area contributed by atoms with Gasteiger partial charge in [-0.15, -0.1) is 0 Å². The van der Waals surface area contributed by atoms with E-state index in [-0.39, 0.29) is 6.42 Å². The minimum atomic E-state index is -0.988. The van der Waals surface area contributed by atoms with Crippen molar-refractivity contribution in [2.45, 2.75) is 37.8 Å². The van der Waals surface area contributed by atoms with E-state index in [1.807, 2.05) is 18.2 Å². The standard InChI is InChI=1S/C13H17NO3/c14-11(7-12(15)16)13(17)10-5-4-8-2-1-3-9(8)6-10/h4-6,11,13,17H,1-3,7,14H2,(H,15,16). The second-order valence-corrected chi connectivity index (χ2v) is 4.59. The van der Waals surface area contributed by atoms with Gasteiger partial charge in [0.15, 0.2) is 0 Å². The molecule has 0 heterocycles. The Morgan fingerprint density at radius 3 is 2.76 bits per heavy atom. The van der Waals surface area contributed by atoms with E-state index in [2.05, 4.69) is 0 Å². The van der Waals surface area contributed by atoms with Gasteiger partial charge in [0, 0.05) is 6.04 Å². The van der Waals surface area contributed by atoms with Gasteiger partial charge in [-0.05, 0) is 36.0 Å². The molecule has 0 saturated carbocycles. The van der Waals surface area contributed by atoms with Crippen LogP contribution in [0.5, 0.6) is 0 Å². The number of aliphatic carboxylic acids is 1. The van der Waals surface area contributed by atoms with Crippen LogP contribution in [0.2, 0.25) is 0 Å². The summed E-state index contributed by atoms with van der Waals surface area (Å²) in [6, 6.07) is 5.05. The fraction of sp³-hybridized carbons (Fsp3) is 0.462. The van der Waals surface area contributed by atoms with Gasteiger partial charge in [0.05, 0.1) is 12.5 Å². The van der Waals surface area contributed by atoms with Crippen molar-refractivity contribution in [3.8, 4) is 0 Å². The second-order valence-electron chi connectivity index (χ2n) is 4.59. The first-order valence-electron chi connectivity index (χ1n) is 5.85. The van der Waals surface area contributed by atoms with Crippen LogP contribution in [0.25, 0.3) is 0 Å². The summed E-state index contributed by atoms with van der Waals surface area (Å²) in [5, 5.41) is 18.6. The van der Waals surface area contributed by atoms with Gasteiger partial charge in [0.2, 0.25) is 0 Å². The summed E-state index contributed by atoms with van der Waals surface area (Å²) >= 11 is 0. The number of carbonyl (C=O) groups is 1. The molecule has 0 spiro atoms. The molecule has 4 heteroatoms. The monoisotopic (exact) mass is 235 g/mol. The number of aryl methyl sites for hydroxylation is 2. The summed E-state index contributed by atoms with van der Waals surface area (Å²) in [4.78, 5) is 10.5. The number of carboxylic acids is 1. The number of carboxylic acid groups (broad SMARTS) is 1. The maximum absolute atomic E-state index is 10.5. The summed E-state index contributed by atoms with van der Waals surface area (Å²) in [6.07, 6.45) is 2.14. The highest BCUT2D eigenvalue weighted by atomic mass is 16.4. The molecule has 0 aromatic heterocycles. The van der Waals surface area contributed by atoms with Gasteiger partial charge in [-0.25, -0.2) is 0 Å². The summed E-state index contributed by atoms with van der Waals surface area (Å²) in [5.41, 5.74) is 8.97. The van der Waals surface area contributed by atoms with E-state index in [1.165, 1.54) is 11.1 Å². The summed E-state index contributed by atoms with van der Waals surface area (Å²) in [7, 11) is 0. The summed E-state index contributed by atoms with van der Waals surface area (Å²) in [5.74, 6) is -0.988. The highest BCUT2D eigenvalue weighted by molar-refractivity contribution is 5.67. The molecule has 92 valence electrons. The molecule has 0 saturated heterocycles. The average Bonchev–Trinajstić information content (AvgIpc) is 2.73. The summed E-state index contributed by atoms with van der Waals surface area (Å²) < 4.78 is 0. The number of aliphatic hydroxyl groups excluding tert-OH is 1. The predicted octanol–water partition coefficient (Wildman–Crippen LogP) is 1.01. The first-order valence-corrected chi connectivity index (χ1v) is 5.85. The van der Waals surface area contributed by atoms with Gasteiger partial charge in [0.1, 0.15) is 0 Å². The van der Waals surface area contributed by atoms with E-state index < -0.39 is 18.1 Å². The van der Waals surface area contributed by atoms with Gasteiger partial charge < -0.3 is 15.9 Å². The van der Waals surface area contributed by atoms with E-state index in [4.69, 9.17) is 10.8 Å². The van der Waals surface area contributed by atoms with Crippen LogP contribution in [0, 0.1) is 0 Å². The predicted molar refractivity (Wildman–Crippen MR) is 63.7 cm³/mol. The zero-order valence-corrected chi connectivity index (χ0v) is 9.60. The second kappa shape index (κ2) is 4.85. The Morgan fingerprint density at radius 1 is 1.35 bits per heavy atom. The Labute approximate surface area is 100 Å². The number of hydrogen-bond donors (Lipinski definition) is 3. The Balaban J connectivity index is 2.14. The lowest BCUT2D eigenvalue weighted by atomic mass is 9.97. The maximum Gasteiger partial charge on any atom is 0.305 e. The SMILES string of the molecule is NC(CC(=O)O)C(O)c1ccc2c(c1)CCC2. The molecule has 17 heavy (non-hydrogen) atoms. The van der Waals surface area contributed by atoms with E-state index in [9.17, 15) is 9.90 Å². The Morgan fingerprint density at radius 2 is 2.06 bits per heavy atom. The van der Waals surface area contributed by atoms with Crippen molar-refractivity contribution >= 4 is 5.97 Å². The number of fused-ring (bicyclic) bond motifs is 1. The van der Waals surface area contributed by atoms with Crippen LogP contribution in [0.4, 0.5) is 0 Å². The topological polar surface area (TPSA) is 83.6 Å². The van der Waals surface area contributed by atoms with E-state index in [0.717, 1.165) is 24.8 Å².